The molecule has 2 N–H and O–H groups in total. The van der Waals surface area contributed by atoms with Gasteiger partial charge in [-0.3, -0.25) is 9.69 Å². The molecule has 1 aliphatic heterocycles. The fourth-order valence-corrected chi connectivity index (χ4v) is 3.96. The van der Waals surface area contributed by atoms with E-state index in [0.717, 1.165) is 25.1 Å². The van der Waals surface area contributed by atoms with Gasteiger partial charge in [0.05, 0.1) is 6.54 Å². The van der Waals surface area contributed by atoms with E-state index < -0.39 is 5.60 Å². The van der Waals surface area contributed by atoms with Gasteiger partial charge in [0.2, 0.25) is 5.91 Å². The van der Waals surface area contributed by atoms with Crippen LogP contribution in [0.5, 0.6) is 5.75 Å². The van der Waals surface area contributed by atoms with Gasteiger partial charge < -0.3 is 15.2 Å². The maximum absolute atomic E-state index is 12.6. The Kier molecular flexibility index (Phi) is 6.93. The maximum Gasteiger partial charge on any atom is 0.234 e. The molecule has 1 saturated heterocycles. The average Bonchev–Trinajstić information content (AvgIpc) is 2.67. The Morgan fingerprint density at radius 3 is 2.48 bits per heavy atom. The number of rotatable bonds is 8. The summed E-state index contributed by atoms with van der Waals surface area (Å²) in [6, 6.07) is 19.7. The van der Waals surface area contributed by atoms with Crippen LogP contribution in [0.4, 0.5) is 0 Å². The Morgan fingerprint density at radius 2 is 1.79 bits per heavy atom. The lowest BCUT2D eigenvalue weighted by molar-refractivity contribution is -0.126. The van der Waals surface area contributed by atoms with E-state index in [-0.39, 0.29) is 24.6 Å². The molecule has 1 aliphatic rings. The van der Waals surface area contributed by atoms with Crippen LogP contribution in [0.25, 0.3) is 0 Å². The SMILES string of the molecule is CC(C)(Cc1ccccc1)NC(=O)CN1CCCC(O)(COc2ccccc2)C1. The molecule has 0 radical (unpaired) electrons. The molecule has 0 aliphatic carbocycles. The van der Waals surface area contributed by atoms with E-state index in [1.165, 1.54) is 5.56 Å². The molecule has 1 atom stereocenters. The molecular formula is C24H32N2O3. The third-order valence-electron chi connectivity index (χ3n) is 5.22. The third-order valence-corrected chi connectivity index (χ3v) is 5.22. The predicted molar refractivity (Wildman–Crippen MR) is 115 cm³/mol. The third kappa shape index (κ3) is 6.87. The van der Waals surface area contributed by atoms with Crippen molar-refractivity contribution in [2.24, 2.45) is 0 Å². The molecule has 29 heavy (non-hydrogen) atoms. The summed E-state index contributed by atoms with van der Waals surface area (Å²) in [6.07, 6.45) is 2.29. The van der Waals surface area contributed by atoms with E-state index >= 15 is 0 Å². The highest BCUT2D eigenvalue weighted by molar-refractivity contribution is 5.78. The van der Waals surface area contributed by atoms with Crippen LogP contribution < -0.4 is 10.1 Å². The van der Waals surface area contributed by atoms with Crippen molar-refractivity contribution in [3.8, 4) is 5.75 Å². The van der Waals surface area contributed by atoms with Crippen LogP contribution in [0.2, 0.25) is 0 Å². The van der Waals surface area contributed by atoms with Gasteiger partial charge in [-0.2, -0.15) is 0 Å². The Morgan fingerprint density at radius 1 is 1.14 bits per heavy atom. The summed E-state index contributed by atoms with van der Waals surface area (Å²) < 4.78 is 5.77. The van der Waals surface area contributed by atoms with Gasteiger partial charge in [0.25, 0.3) is 0 Å². The van der Waals surface area contributed by atoms with Crippen molar-refractivity contribution in [2.45, 2.75) is 44.2 Å². The van der Waals surface area contributed by atoms with Gasteiger partial charge in [-0.1, -0.05) is 48.5 Å². The minimum Gasteiger partial charge on any atom is -0.491 e. The Bertz CT molecular complexity index is 779. The molecule has 0 spiro atoms. The number of piperidine rings is 1. The van der Waals surface area contributed by atoms with Gasteiger partial charge >= 0.3 is 0 Å². The molecule has 0 aromatic heterocycles. The fourth-order valence-electron chi connectivity index (χ4n) is 3.96. The first-order chi connectivity index (χ1) is 13.8. The number of ether oxygens (including phenoxy) is 1. The number of carbonyl (C=O) groups excluding carboxylic acids is 1. The monoisotopic (exact) mass is 396 g/mol. The predicted octanol–water partition coefficient (Wildman–Crippen LogP) is 3.03. The molecule has 156 valence electrons. The highest BCUT2D eigenvalue weighted by Crippen LogP contribution is 2.23. The van der Waals surface area contributed by atoms with E-state index in [0.29, 0.717) is 13.0 Å². The average molecular weight is 397 g/mol. The molecule has 1 unspecified atom stereocenters. The summed E-state index contributed by atoms with van der Waals surface area (Å²) in [6.45, 7) is 5.84. The zero-order valence-corrected chi connectivity index (χ0v) is 17.4. The lowest BCUT2D eigenvalue weighted by atomic mass is 9.93. The van der Waals surface area contributed by atoms with Crippen molar-refractivity contribution in [1.82, 2.24) is 10.2 Å². The van der Waals surface area contributed by atoms with Gasteiger partial charge in [0.15, 0.2) is 0 Å². The fraction of sp³-hybridized carbons (Fsp3) is 0.458. The number of β-amino-alcohol motifs (C(OH)–C–C–N with tert-alkyl or cyclic N) is 1. The van der Waals surface area contributed by atoms with E-state index in [9.17, 15) is 9.90 Å². The number of carbonyl (C=O) groups is 1. The van der Waals surface area contributed by atoms with Crippen molar-refractivity contribution in [3.05, 3.63) is 66.2 Å². The lowest BCUT2D eigenvalue weighted by Crippen LogP contribution is -2.55. The molecule has 5 heteroatoms. The van der Waals surface area contributed by atoms with E-state index in [4.69, 9.17) is 4.74 Å². The lowest BCUT2D eigenvalue weighted by Gasteiger charge is -2.39. The van der Waals surface area contributed by atoms with Crippen LogP contribution in [0, 0.1) is 0 Å². The topological polar surface area (TPSA) is 61.8 Å². The first-order valence-electron chi connectivity index (χ1n) is 10.3. The zero-order chi connectivity index (χ0) is 20.7. The van der Waals surface area contributed by atoms with Crippen molar-refractivity contribution >= 4 is 5.91 Å². The highest BCUT2D eigenvalue weighted by Gasteiger charge is 2.35. The van der Waals surface area contributed by atoms with Crippen molar-refractivity contribution in [1.29, 1.82) is 0 Å². The number of likely N-dealkylation sites (tertiary alicyclic amines) is 1. The van der Waals surface area contributed by atoms with Crippen LogP contribution >= 0.6 is 0 Å². The number of nitrogens with one attached hydrogen (secondary N) is 1. The van der Waals surface area contributed by atoms with Crippen LogP contribution in [-0.4, -0.2) is 53.3 Å². The Balaban J connectivity index is 1.49. The van der Waals surface area contributed by atoms with Gasteiger partial charge in [-0.25, -0.2) is 0 Å². The molecule has 0 bridgehead atoms. The number of amides is 1. The van der Waals surface area contributed by atoms with Crippen molar-refractivity contribution < 1.29 is 14.6 Å². The standard InChI is InChI=1S/C24H32N2O3/c1-23(2,16-20-10-5-3-6-11-20)25-22(27)17-26-15-9-14-24(28,18-26)19-29-21-12-7-4-8-13-21/h3-8,10-13,28H,9,14-19H2,1-2H3,(H,25,27). The Hall–Kier alpha value is -2.37. The van der Waals surface area contributed by atoms with E-state index in [1.807, 2.05) is 67.3 Å². The summed E-state index contributed by atoms with van der Waals surface area (Å²) in [5, 5.41) is 14.1. The number of benzene rings is 2. The minimum absolute atomic E-state index is 0.0147. The van der Waals surface area contributed by atoms with Gasteiger partial charge in [0.1, 0.15) is 18.0 Å². The van der Waals surface area contributed by atoms with E-state index in [1.54, 1.807) is 0 Å². The first kappa shape index (κ1) is 21.3. The molecule has 1 fully saturated rings. The minimum atomic E-state index is -0.937. The molecule has 3 rings (SSSR count). The zero-order valence-electron chi connectivity index (χ0n) is 17.4. The summed E-state index contributed by atoms with van der Waals surface area (Å²) in [5.74, 6) is 0.734. The molecule has 1 heterocycles. The summed E-state index contributed by atoms with van der Waals surface area (Å²) >= 11 is 0. The summed E-state index contributed by atoms with van der Waals surface area (Å²) in [5.41, 5.74) is -0.0716. The normalized spacial score (nSPS) is 20.2. The molecule has 2 aromatic carbocycles. The van der Waals surface area contributed by atoms with Gasteiger partial charge in [0, 0.05) is 12.1 Å². The quantitative estimate of drug-likeness (QED) is 0.720. The highest BCUT2D eigenvalue weighted by atomic mass is 16.5. The molecule has 1 amide bonds. The van der Waals surface area contributed by atoms with Crippen molar-refractivity contribution in [2.75, 3.05) is 26.2 Å². The second kappa shape index (κ2) is 9.42. The second-order valence-electron chi connectivity index (χ2n) is 8.73. The number of hydrogen-bond donors (Lipinski definition) is 2. The second-order valence-corrected chi connectivity index (χ2v) is 8.73. The van der Waals surface area contributed by atoms with Crippen LogP contribution in [0.1, 0.15) is 32.3 Å². The number of nitrogens with zero attached hydrogens (tertiary/aromatic N) is 1. The molecule has 5 nitrogen and oxygen atoms in total. The van der Waals surface area contributed by atoms with Crippen LogP contribution in [-0.2, 0) is 11.2 Å². The van der Waals surface area contributed by atoms with E-state index in [2.05, 4.69) is 17.4 Å². The van der Waals surface area contributed by atoms with Crippen LogP contribution in [0.3, 0.4) is 0 Å². The first-order valence-corrected chi connectivity index (χ1v) is 10.3. The van der Waals surface area contributed by atoms with Crippen molar-refractivity contribution in [3.63, 3.8) is 0 Å². The largest absolute Gasteiger partial charge is 0.491 e. The van der Waals surface area contributed by atoms with Crippen LogP contribution in [0.15, 0.2) is 60.7 Å². The Labute approximate surface area is 173 Å². The number of para-hydroxylation sites is 1. The summed E-state index contributed by atoms with van der Waals surface area (Å²) in [7, 11) is 0. The molecular weight excluding hydrogens is 364 g/mol. The summed E-state index contributed by atoms with van der Waals surface area (Å²) in [4.78, 5) is 14.7. The number of aliphatic hydroxyl groups is 1. The molecule has 0 saturated carbocycles. The maximum atomic E-state index is 12.6. The smallest absolute Gasteiger partial charge is 0.234 e. The van der Waals surface area contributed by atoms with Gasteiger partial charge in [-0.05, 0) is 57.4 Å². The molecule has 2 aromatic rings. The van der Waals surface area contributed by atoms with Gasteiger partial charge in [-0.15, -0.1) is 0 Å². The number of hydrogen-bond acceptors (Lipinski definition) is 4.